The van der Waals surface area contributed by atoms with Crippen molar-refractivity contribution in [1.82, 2.24) is 10.2 Å². The van der Waals surface area contributed by atoms with Crippen LogP contribution in [-0.2, 0) is 4.79 Å². The lowest BCUT2D eigenvalue weighted by Gasteiger charge is -2.26. The number of likely N-dealkylation sites (tertiary alicyclic amines) is 1. The number of amides is 3. The molecule has 0 bridgehead atoms. The van der Waals surface area contributed by atoms with E-state index in [2.05, 4.69) is 10.6 Å². The summed E-state index contributed by atoms with van der Waals surface area (Å²) in [6.07, 6.45) is 7.63. The molecule has 150 valence electrons. The molecule has 2 atom stereocenters. The third-order valence-corrected chi connectivity index (χ3v) is 6.75. The maximum atomic E-state index is 12.7. The van der Waals surface area contributed by atoms with E-state index in [1.807, 2.05) is 17.0 Å². The average molecular weight is 385 g/mol. The second-order valence-corrected chi connectivity index (χ2v) is 8.63. The SMILES string of the molecule is O=C(Nc1ccc2c(c1)OCO2)[C@@H]1C[C@]12CCN(C(=O)NC1CCCCC1)C2. The average Bonchev–Trinajstić information content (AvgIpc) is 3.02. The molecule has 7 heteroatoms. The molecule has 2 heterocycles. The van der Waals surface area contributed by atoms with Crippen molar-refractivity contribution >= 4 is 17.6 Å². The van der Waals surface area contributed by atoms with E-state index >= 15 is 0 Å². The van der Waals surface area contributed by atoms with Crippen LogP contribution in [0.5, 0.6) is 11.5 Å². The number of nitrogens with zero attached hydrogens (tertiary/aromatic N) is 1. The maximum absolute atomic E-state index is 12.7. The summed E-state index contributed by atoms with van der Waals surface area (Å²) in [5.41, 5.74) is 0.686. The van der Waals surface area contributed by atoms with Gasteiger partial charge < -0.3 is 25.0 Å². The van der Waals surface area contributed by atoms with Gasteiger partial charge in [-0.1, -0.05) is 19.3 Å². The van der Waals surface area contributed by atoms with E-state index in [9.17, 15) is 9.59 Å². The molecule has 2 aliphatic heterocycles. The molecule has 2 N–H and O–H groups in total. The Morgan fingerprint density at radius 3 is 2.79 bits per heavy atom. The van der Waals surface area contributed by atoms with Gasteiger partial charge in [-0.15, -0.1) is 0 Å². The van der Waals surface area contributed by atoms with Crippen LogP contribution in [0.1, 0.15) is 44.9 Å². The number of hydrogen-bond donors (Lipinski definition) is 2. The Hall–Kier alpha value is -2.44. The molecule has 2 aliphatic carbocycles. The highest BCUT2D eigenvalue weighted by Crippen LogP contribution is 2.58. The number of carbonyl (C=O) groups excluding carboxylic acids is 2. The minimum atomic E-state index is -0.0374. The zero-order valence-corrected chi connectivity index (χ0v) is 16.0. The first-order valence-corrected chi connectivity index (χ1v) is 10.4. The Kier molecular flexibility index (Phi) is 4.33. The summed E-state index contributed by atoms with van der Waals surface area (Å²) < 4.78 is 10.7. The number of ether oxygens (including phenoxy) is 2. The predicted molar refractivity (Wildman–Crippen MR) is 103 cm³/mol. The fourth-order valence-electron chi connectivity index (χ4n) is 4.96. The molecule has 3 amide bonds. The van der Waals surface area contributed by atoms with Gasteiger partial charge in [0.1, 0.15) is 0 Å². The molecule has 0 unspecified atom stereocenters. The Labute approximate surface area is 164 Å². The van der Waals surface area contributed by atoms with Crippen molar-refractivity contribution in [2.45, 2.75) is 51.0 Å². The van der Waals surface area contributed by atoms with Gasteiger partial charge >= 0.3 is 6.03 Å². The minimum absolute atomic E-state index is 0.0228. The topological polar surface area (TPSA) is 79.9 Å². The second-order valence-electron chi connectivity index (χ2n) is 8.63. The van der Waals surface area contributed by atoms with Gasteiger partial charge in [-0.3, -0.25) is 4.79 Å². The van der Waals surface area contributed by atoms with Crippen LogP contribution < -0.4 is 20.1 Å². The summed E-state index contributed by atoms with van der Waals surface area (Å²) in [5, 5.41) is 6.20. The highest BCUT2D eigenvalue weighted by atomic mass is 16.7. The van der Waals surface area contributed by atoms with Gasteiger partial charge in [0.05, 0.1) is 0 Å². The fourth-order valence-corrected chi connectivity index (χ4v) is 4.96. The quantitative estimate of drug-likeness (QED) is 0.838. The minimum Gasteiger partial charge on any atom is -0.454 e. The molecular weight excluding hydrogens is 358 g/mol. The van der Waals surface area contributed by atoms with Gasteiger partial charge in [0.25, 0.3) is 0 Å². The molecule has 5 rings (SSSR count). The standard InChI is InChI=1S/C21H27N3O4/c25-19(22-15-6-7-17-18(10-15)28-13-27-17)16-11-21(16)8-9-24(12-21)20(26)23-14-4-2-1-3-5-14/h6-7,10,14,16H,1-5,8-9,11-13H2,(H,22,25)(H,23,26)/t16-,21-/m0/s1. The van der Waals surface area contributed by atoms with Crippen LogP contribution in [0.15, 0.2) is 18.2 Å². The van der Waals surface area contributed by atoms with Crippen LogP contribution >= 0.6 is 0 Å². The third kappa shape index (κ3) is 3.27. The number of nitrogens with one attached hydrogen (secondary N) is 2. The van der Waals surface area contributed by atoms with Crippen molar-refractivity contribution in [2.24, 2.45) is 11.3 Å². The van der Waals surface area contributed by atoms with Gasteiger partial charge in [-0.2, -0.15) is 0 Å². The molecule has 7 nitrogen and oxygen atoms in total. The molecule has 0 radical (unpaired) electrons. The molecule has 1 spiro atoms. The van der Waals surface area contributed by atoms with E-state index in [1.54, 1.807) is 6.07 Å². The molecule has 1 aromatic carbocycles. The molecule has 1 saturated heterocycles. The monoisotopic (exact) mass is 385 g/mol. The van der Waals surface area contributed by atoms with Gasteiger partial charge in [0.15, 0.2) is 11.5 Å². The van der Waals surface area contributed by atoms with E-state index in [4.69, 9.17) is 9.47 Å². The summed E-state index contributed by atoms with van der Waals surface area (Å²) in [4.78, 5) is 27.2. The van der Waals surface area contributed by atoms with Crippen LogP contribution in [0.2, 0.25) is 0 Å². The summed E-state index contributed by atoms with van der Waals surface area (Å²) >= 11 is 0. The summed E-state index contributed by atoms with van der Waals surface area (Å²) in [7, 11) is 0. The number of hydrogen-bond acceptors (Lipinski definition) is 4. The zero-order chi connectivity index (χ0) is 19.1. The van der Waals surface area contributed by atoms with E-state index in [0.29, 0.717) is 24.1 Å². The molecule has 3 fully saturated rings. The lowest BCUT2D eigenvalue weighted by molar-refractivity contribution is -0.118. The van der Waals surface area contributed by atoms with Crippen LogP contribution in [-0.4, -0.2) is 42.8 Å². The largest absolute Gasteiger partial charge is 0.454 e. The van der Waals surface area contributed by atoms with Crippen LogP contribution in [0.4, 0.5) is 10.5 Å². The van der Waals surface area contributed by atoms with Crippen LogP contribution in [0.25, 0.3) is 0 Å². The van der Waals surface area contributed by atoms with E-state index < -0.39 is 0 Å². The third-order valence-electron chi connectivity index (χ3n) is 6.75. The molecule has 2 saturated carbocycles. The maximum Gasteiger partial charge on any atom is 0.317 e. The van der Waals surface area contributed by atoms with Gasteiger partial charge in [0.2, 0.25) is 12.7 Å². The second kappa shape index (κ2) is 6.87. The highest BCUT2D eigenvalue weighted by Gasteiger charge is 2.61. The van der Waals surface area contributed by atoms with Gasteiger partial charge in [-0.25, -0.2) is 4.79 Å². The van der Waals surface area contributed by atoms with Crippen molar-refractivity contribution in [1.29, 1.82) is 0 Å². The molecule has 1 aromatic rings. The number of carbonyl (C=O) groups is 2. The first-order valence-electron chi connectivity index (χ1n) is 10.4. The smallest absolute Gasteiger partial charge is 0.317 e. The summed E-state index contributed by atoms with van der Waals surface area (Å²) in [6.45, 7) is 1.65. The number of benzene rings is 1. The highest BCUT2D eigenvalue weighted by molar-refractivity contribution is 5.95. The molecular formula is C21H27N3O4. The first kappa shape index (κ1) is 17.6. The van der Waals surface area contributed by atoms with Crippen molar-refractivity contribution in [3.8, 4) is 11.5 Å². The van der Waals surface area contributed by atoms with E-state index in [1.165, 1.54) is 19.3 Å². The van der Waals surface area contributed by atoms with E-state index in [0.717, 1.165) is 37.9 Å². The number of fused-ring (bicyclic) bond motifs is 1. The van der Waals surface area contributed by atoms with Crippen LogP contribution in [0.3, 0.4) is 0 Å². The number of anilines is 1. The lowest BCUT2D eigenvalue weighted by Crippen LogP contribution is -2.44. The Bertz CT molecular complexity index is 792. The zero-order valence-electron chi connectivity index (χ0n) is 16.0. The van der Waals surface area contributed by atoms with Gasteiger partial charge in [0, 0.05) is 42.2 Å². The predicted octanol–water partition coefficient (Wildman–Crippen LogP) is 3.11. The van der Waals surface area contributed by atoms with Crippen LogP contribution in [0, 0.1) is 11.3 Å². The summed E-state index contributed by atoms with van der Waals surface area (Å²) in [5.74, 6) is 1.38. The lowest BCUT2D eigenvalue weighted by atomic mass is 9.96. The fraction of sp³-hybridized carbons (Fsp3) is 0.619. The van der Waals surface area contributed by atoms with E-state index in [-0.39, 0.29) is 30.1 Å². The Morgan fingerprint density at radius 1 is 1.11 bits per heavy atom. The molecule has 0 aromatic heterocycles. The van der Waals surface area contributed by atoms with Gasteiger partial charge in [-0.05, 0) is 37.8 Å². The molecule has 4 aliphatic rings. The van der Waals surface area contributed by atoms with Crippen molar-refractivity contribution in [3.63, 3.8) is 0 Å². The van der Waals surface area contributed by atoms with Crippen molar-refractivity contribution < 1.29 is 19.1 Å². The Morgan fingerprint density at radius 2 is 1.93 bits per heavy atom. The molecule has 28 heavy (non-hydrogen) atoms. The Balaban J connectivity index is 1.15. The van der Waals surface area contributed by atoms with Crippen molar-refractivity contribution in [3.05, 3.63) is 18.2 Å². The summed E-state index contributed by atoms with van der Waals surface area (Å²) in [6, 6.07) is 5.81. The number of rotatable bonds is 3. The normalized spacial score (nSPS) is 28.4. The number of urea groups is 1. The van der Waals surface area contributed by atoms with Crippen molar-refractivity contribution in [2.75, 3.05) is 25.2 Å². The first-order chi connectivity index (χ1) is 13.6.